The Bertz CT molecular complexity index is 983. The fourth-order valence-corrected chi connectivity index (χ4v) is 3.47. The summed E-state index contributed by atoms with van der Waals surface area (Å²) in [5.74, 6) is -0.613. The number of benzene rings is 2. The lowest BCUT2D eigenvalue weighted by atomic mass is 10.1. The number of carbonyl (C=O) groups is 2. The summed E-state index contributed by atoms with van der Waals surface area (Å²) in [7, 11) is 0. The second-order valence-corrected chi connectivity index (χ2v) is 7.17. The number of anilines is 2. The summed E-state index contributed by atoms with van der Waals surface area (Å²) >= 11 is 5.07. The molecule has 0 fully saturated rings. The van der Waals surface area contributed by atoms with E-state index in [2.05, 4.69) is 10.6 Å². The first-order valence-electron chi connectivity index (χ1n) is 9.53. The number of nitrogens with one attached hydrogen (secondary N) is 2. The lowest BCUT2D eigenvalue weighted by molar-refractivity contribution is -0.118. The zero-order chi connectivity index (χ0) is 21.7. The Kier molecular flexibility index (Phi) is 6.83. The van der Waals surface area contributed by atoms with Crippen molar-refractivity contribution < 1.29 is 23.8 Å². The molecule has 3 N–H and O–H groups in total. The van der Waals surface area contributed by atoms with Crippen molar-refractivity contribution in [2.45, 2.75) is 32.7 Å². The molecule has 0 saturated carbocycles. The van der Waals surface area contributed by atoms with E-state index in [1.54, 1.807) is 30.0 Å². The van der Waals surface area contributed by atoms with E-state index in [4.69, 9.17) is 17.0 Å². The van der Waals surface area contributed by atoms with Crippen LogP contribution in [-0.2, 0) is 22.5 Å². The van der Waals surface area contributed by atoms with Gasteiger partial charge in [-0.25, -0.2) is 9.18 Å². The average molecular weight is 431 g/mol. The molecule has 0 spiro atoms. The van der Waals surface area contributed by atoms with E-state index in [9.17, 15) is 19.1 Å². The molecule has 0 unspecified atom stereocenters. The van der Waals surface area contributed by atoms with Crippen molar-refractivity contribution in [1.29, 1.82) is 0 Å². The van der Waals surface area contributed by atoms with Gasteiger partial charge < -0.3 is 20.1 Å². The molecule has 0 aromatic heterocycles. The van der Waals surface area contributed by atoms with Crippen LogP contribution in [0, 0.1) is 5.82 Å². The number of aromatic hydroxyl groups is 1. The molecule has 0 bridgehead atoms. The molecule has 0 aliphatic carbocycles. The van der Waals surface area contributed by atoms with Crippen LogP contribution in [0.25, 0.3) is 0 Å². The Labute approximate surface area is 178 Å². The highest BCUT2D eigenvalue weighted by atomic mass is 32.1. The predicted octanol–water partition coefficient (Wildman–Crippen LogP) is 3.84. The third-order valence-corrected chi connectivity index (χ3v) is 4.80. The van der Waals surface area contributed by atoms with Gasteiger partial charge >= 0.3 is 6.09 Å². The minimum absolute atomic E-state index is 0.0231. The number of hydrogen-bond donors (Lipinski definition) is 3. The molecule has 1 aliphatic rings. The minimum atomic E-state index is -0.698. The number of phenols is 1. The van der Waals surface area contributed by atoms with Crippen molar-refractivity contribution >= 4 is 40.7 Å². The van der Waals surface area contributed by atoms with Crippen molar-refractivity contribution in [3.8, 4) is 5.75 Å². The van der Waals surface area contributed by atoms with E-state index in [1.807, 2.05) is 0 Å². The third-order valence-electron chi connectivity index (χ3n) is 4.59. The molecular formula is C21H22FN3O4S. The normalized spacial score (nSPS) is 13.3. The predicted molar refractivity (Wildman–Crippen MR) is 115 cm³/mol. The van der Waals surface area contributed by atoms with Crippen molar-refractivity contribution in [1.82, 2.24) is 5.32 Å². The lowest BCUT2D eigenvalue weighted by Gasteiger charge is -2.24. The Morgan fingerprint density at radius 3 is 2.83 bits per heavy atom. The molecule has 2 amide bonds. The standard InChI is InChI=1S/C21H22FN3O4S/c1-2-29-21(28)24-20(30)23-16-10-14-6-4-8-19(27)25(17(14)11-18(16)26)12-13-5-3-7-15(22)9-13/h3,5,7,9-11,26H,2,4,6,8,12H2,1H3,(H2,23,24,28,30). The Balaban J connectivity index is 1.86. The van der Waals surface area contributed by atoms with Crippen LogP contribution in [0.15, 0.2) is 36.4 Å². The van der Waals surface area contributed by atoms with Crippen molar-refractivity contribution in [2.75, 3.05) is 16.8 Å². The van der Waals surface area contributed by atoms with Crippen LogP contribution in [0.5, 0.6) is 5.75 Å². The number of ether oxygens (including phenoxy) is 1. The Hall–Kier alpha value is -3.20. The van der Waals surface area contributed by atoms with Gasteiger partial charge in [0, 0.05) is 12.5 Å². The van der Waals surface area contributed by atoms with Crippen molar-refractivity contribution in [3.05, 3.63) is 53.3 Å². The number of aryl methyl sites for hydroxylation is 1. The number of thiocarbonyl (C=S) groups is 1. The van der Waals surface area contributed by atoms with E-state index in [0.717, 1.165) is 5.56 Å². The number of phenolic OH excluding ortho intramolecular Hbond substituents is 1. The molecule has 0 saturated heterocycles. The summed E-state index contributed by atoms with van der Waals surface area (Å²) in [4.78, 5) is 25.7. The van der Waals surface area contributed by atoms with Gasteiger partial charge in [-0.2, -0.15) is 0 Å². The maximum Gasteiger partial charge on any atom is 0.413 e. The van der Waals surface area contributed by atoms with Gasteiger partial charge in [0.05, 0.1) is 24.5 Å². The first-order valence-corrected chi connectivity index (χ1v) is 9.93. The highest BCUT2D eigenvalue weighted by Gasteiger charge is 2.24. The SMILES string of the molecule is CCOC(=O)NC(=S)Nc1cc2c(cc1O)N(Cc1cccc(F)c1)C(=O)CCC2. The zero-order valence-electron chi connectivity index (χ0n) is 16.4. The van der Waals surface area contributed by atoms with Crippen LogP contribution in [0.2, 0.25) is 0 Å². The maximum absolute atomic E-state index is 13.6. The summed E-state index contributed by atoms with van der Waals surface area (Å²) in [6.45, 7) is 2.07. The number of alkyl carbamates (subject to hydrolysis) is 1. The molecular weight excluding hydrogens is 409 g/mol. The number of fused-ring (bicyclic) bond motifs is 1. The van der Waals surface area contributed by atoms with Gasteiger partial charge in [0.25, 0.3) is 0 Å². The molecule has 0 radical (unpaired) electrons. The third kappa shape index (κ3) is 5.24. The summed E-state index contributed by atoms with van der Waals surface area (Å²) in [5.41, 5.74) is 2.35. The quantitative estimate of drug-likeness (QED) is 0.503. The number of nitrogens with zero attached hydrogens (tertiary/aromatic N) is 1. The van der Waals surface area contributed by atoms with Gasteiger partial charge in [0.2, 0.25) is 5.91 Å². The molecule has 9 heteroatoms. The van der Waals surface area contributed by atoms with Crippen LogP contribution in [-0.4, -0.2) is 28.8 Å². The molecule has 2 aromatic rings. The minimum Gasteiger partial charge on any atom is -0.506 e. The first-order chi connectivity index (χ1) is 14.4. The second kappa shape index (κ2) is 9.53. The smallest absolute Gasteiger partial charge is 0.413 e. The largest absolute Gasteiger partial charge is 0.506 e. The molecule has 2 aromatic carbocycles. The highest BCUT2D eigenvalue weighted by Crippen LogP contribution is 2.36. The van der Waals surface area contributed by atoms with Gasteiger partial charge in [0.15, 0.2) is 5.11 Å². The number of halogens is 1. The van der Waals surface area contributed by atoms with Gasteiger partial charge in [-0.3, -0.25) is 10.1 Å². The maximum atomic E-state index is 13.6. The molecule has 1 aliphatic heterocycles. The van der Waals surface area contributed by atoms with Crippen LogP contribution < -0.4 is 15.5 Å². The second-order valence-electron chi connectivity index (χ2n) is 6.76. The highest BCUT2D eigenvalue weighted by molar-refractivity contribution is 7.80. The molecule has 1 heterocycles. The molecule has 158 valence electrons. The van der Waals surface area contributed by atoms with Crippen LogP contribution in [0.3, 0.4) is 0 Å². The van der Waals surface area contributed by atoms with Crippen molar-refractivity contribution in [2.24, 2.45) is 0 Å². The van der Waals surface area contributed by atoms with E-state index in [1.165, 1.54) is 18.2 Å². The molecule has 3 rings (SSSR count). The molecule has 0 atom stereocenters. The Morgan fingerprint density at radius 2 is 2.10 bits per heavy atom. The molecule has 7 nitrogen and oxygen atoms in total. The lowest BCUT2D eigenvalue weighted by Crippen LogP contribution is -2.34. The number of carbonyl (C=O) groups excluding carboxylic acids is 2. The van der Waals surface area contributed by atoms with Crippen LogP contribution in [0.1, 0.15) is 30.9 Å². The molecule has 30 heavy (non-hydrogen) atoms. The van der Waals surface area contributed by atoms with Gasteiger partial charge in [0.1, 0.15) is 11.6 Å². The van der Waals surface area contributed by atoms with Gasteiger partial charge in [-0.1, -0.05) is 12.1 Å². The van der Waals surface area contributed by atoms with Gasteiger partial charge in [-0.05, 0) is 61.3 Å². The Morgan fingerprint density at radius 1 is 1.30 bits per heavy atom. The summed E-state index contributed by atoms with van der Waals surface area (Å²) in [6, 6.07) is 9.24. The van der Waals surface area contributed by atoms with E-state index in [-0.39, 0.29) is 35.7 Å². The fourth-order valence-electron chi connectivity index (χ4n) is 3.28. The van der Waals surface area contributed by atoms with Crippen LogP contribution in [0.4, 0.5) is 20.6 Å². The number of hydrogen-bond acceptors (Lipinski definition) is 5. The number of rotatable bonds is 4. The first kappa shape index (κ1) is 21.5. The van der Waals surface area contributed by atoms with E-state index < -0.39 is 6.09 Å². The zero-order valence-corrected chi connectivity index (χ0v) is 17.2. The number of amides is 2. The summed E-state index contributed by atoms with van der Waals surface area (Å²) < 4.78 is 18.3. The topological polar surface area (TPSA) is 90.9 Å². The average Bonchev–Trinajstić information content (AvgIpc) is 2.81. The van der Waals surface area contributed by atoms with Gasteiger partial charge in [-0.15, -0.1) is 0 Å². The fraction of sp³-hybridized carbons (Fsp3) is 0.286. The monoisotopic (exact) mass is 431 g/mol. The summed E-state index contributed by atoms with van der Waals surface area (Å²) in [6.07, 6.45) is 0.904. The van der Waals surface area contributed by atoms with Crippen LogP contribution >= 0.6 is 12.2 Å². The summed E-state index contributed by atoms with van der Waals surface area (Å²) in [5, 5.41) is 15.6. The van der Waals surface area contributed by atoms with Crippen molar-refractivity contribution in [3.63, 3.8) is 0 Å². The van der Waals surface area contributed by atoms with E-state index in [0.29, 0.717) is 36.2 Å². The van der Waals surface area contributed by atoms with E-state index >= 15 is 0 Å².